The van der Waals surface area contributed by atoms with Crippen molar-refractivity contribution in [2.24, 2.45) is 0 Å². The fraction of sp³-hybridized carbons (Fsp3) is 0.462. The number of carbonyl (C=O) groups excluding carboxylic acids is 1. The molecule has 0 atom stereocenters. The van der Waals surface area contributed by atoms with Crippen LogP contribution in [0.3, 0.4) is 0 Å². The van der Waals surface area contributed by atoms with E-state index in [9.17, 15) is 4.79 Å². The van der Waals surface area contributed by atoms with Gasteiger partial charge in [-0.15, -0.1) is 11.3 Å². The molecule has 5 nitrogen and oxygen atoms in total. The Hall–Kier alpha value is -1.69. The van der Waals surface area contributed by atoms with Crippen LogP contribution in [-0.2, 0) is 0 Å². The minimum absolute atomic E-state index is 0.0483. The largest absolute Gasteiger partial charge is 0.356 e. The summed E-state index contributed by atoms with van der Waals surface area (Å²) in [7, 11) is 1.65. The molecule has 19 heavy (non-hydrogen) atoms. The van der Waals surface area contributed by atoms with Crippen LogP contribution in [0, 0.1) is 6.92 Å². The quantitative estimate of drug-likeness (QED) is 0.911. The second-order valence-corrected chi connectivity index (χ2v) is 5.71. The zero-order chi connectivity index (χ0) is 13.4. The van der Waals surface area contributed by atoms with Gasteiger partial charge in [-0.1, -0.05) is 0 Å². The Morgan fingerprint density at radius 3 is 2.79 bits per heavy atom. The minimum atomic E-state index is -0.0483. The number of nitrogens with one attached hydrogen (secondary N) is 1. The number of carbonyl (C=O) groups is 1. The highest BCUT2D eigenvalue weighted by atomic mass is 32.1. The third-order valence-electron chi connectivity index (χ3n) is 3.55. The average Bonchev–Trinajstić information content (AvgIpc) is 3.06. The molecular formula is C13H16N4OS. The van der Waals surface area contributed by atoms with Crippen molar-refractivity contribution in [1.82, 2.24) is 15.3 Å². The standard InChI is InChI=1S/C13H16N4OS/c1-8-9-11(17-5-3-4-6-17)15-7-16-13(9)19-10(8)12(18)14-2/h7H,3-6H2,1-2H3,(H,14,18). The maximum atomic E-state index is 11.9. The molecule has 2 aromatic heterocycles. The molecule has 3 heterocycles. The lowest BCUT2D eigenvalue weighted by molar-refractivity contribution is 0.0966. The first-order chi connectivity index (χ1) is 9.22. The van der Waals surface area contributed by atoms with Gasteiger partial charge < -0.3 is 10.2 Å². The normalized spacial score (nSPS) is 15.2. The summed E-state index contributed by atoms with van der Waals surface area (Å²) < 4.78 is 0. The van der Waals surface area contributed by atoms with E-state index < -0.39 is 0 Å². The van der Waals surface area contributed by atoms with Crippen molar-refractivity contribution in [3.8, 4) is 0 Å². The summed E-state index contributed by atoms with van der Waals surface area (Å²) in [5, 5.41) is 3.72. The van der Waals surface area contributed by atoms with E-state index in [1.54, 1.807) is 13.4 Å². The number of fused-ring (bicyclic) bond motifs is 1. The highest BCUT2D eigenvalue weighted by molar-refractivity contribution is 7.20. The van der Waals surface area contributed by atoms with Crippen LogP contribution in [0.4, 0.5) is 5.82 Å². The maximum Gasteiger partial charge on any atom is 0.261 e. The molecule has 1 aliphatic heterocycles. The van der Waals surface area contributed by atoms with Crippen molar-refractivity contribution in [2.45, 2.75) is 19.8 Å². The van der Waals surface area contributed by atoms with E-state index in [-0.39, 0.29) is 5.91 Å². The first-order valence-electron chi connectivity index (χ1n) is 6.43. The fourth-order valence-electron chi connectivity index (χ4n) is 2.55. The number of hydrogen-bond acceptors (Lipinski definition) is 5. The number of aromatic nitrogens is 2. The van der Waals surface area contributed by atoms with Crippen molar-refractivity contribution in [3.63, 3.8) is 0 Å². The molecule has 0 radical (unpaired) electrons. The molecule has 0 saturated carbocycles. The molecule has 3 rings (SSSR count). The molecule has 0 spiro atoms. The summed E-state index contributed by atoms with van der Waals surface area (Å²) >= 11 is 1.44. The summed E-state index contributed by atoms with van der Waals surface area (Å²) in [5.41, 5.74) is 0.988. The lowest BCUT2D eigenvalue weighted by Gasteiger charge is -2.17. The van der Waals surface area contributed by atoms with E-state index >= 15 is 0 Å². The van der Waals surface area contributed by atoms with E-state index in [2.05, 4.69) is 20.2 Å². The molecule has 2 aromatic rings. The molecule has 0 bridgehead atoms. The van der Waals surface area contributed by atoms with Gasteiger partial charge in [-0.05, 0) is 25.3 Å². The average molecular weight is 276 g/mol. The van der Waals surface area contributed by atoms with Gasteiger partial charge in [-0.3, -0.25) is 4.79 Å². The smallest absolute Gasteiger partial charge is 0.261 e. The van der Waals surface area contributed by atoms with Gasteiger partial charge in [0.2, 0.25) is 0 Å². The van der Waals surface area contributed by atoms with Gasteiger partial charge in [0.05, 0.1) is 10.3 Å². The number of nitrogens with zero attached hydrogens (tertiary/aromatic N) is 3. The van der Waals surface area contributed by atoms with Crippen molar-refractivity contribution >= 4 is 33.3 Å². The van der Waals surface area contributed by atoms with Gasteiger partial charge in [0.25, 0.3) is 5.91 Å². The third kappa shape index (κ3) is 1.96. The Bertz CT molecular complexity index is 631. The van der Waals surface area contributed by atoms with Gasteiger partial charge in [-0.25, -0.2) is 9.97 Å². The lowest BCUT2D eigenvalue weighted by Crippen LogP contribution is -2.19. The van der Waals surface area contributed by atoms with Crippen LogP contribution in [0.15, 0.2) is 6.33 Å². The van der Waals surface area contributed by atoms with Crippen molar-refractivity contribution < 1.29 is 4.79 Å². The summed E-state index contributed by atoms with van der Waals surface area (Å²) in [4.78, 5) is 24.5. The number of thiophene rings is 1. The number of aryl methyl sites for hydroxylation is 1. The van der Waals surface area contributed by atoms with Gasteiger partial charge >= 0.3 is 0 Å². The molecule has 1 N–H and O–H groups in total. The molecule has 100 valence electrons. The second-order valence-electron chi connectivity index (χ2n) is 4.71. The molecule has 1 amide bonds. The molecular weight excluding hydrogens is 260 g/mol. The SMILES string of the molecule is CNC(=O)c1sc2ncnc(N3CCCC3)c2c1C. The van der Waals surface area contributed by atoms with Gasteiger partial charge in [0.1, 0.15) is 17.0 Å². The highest BCUT2D eigenvalue weighted by Crippen LogP contribution is 2.35. The molecule has 0 aliphatic carbocycles. The molecule has 6 heteroatoms. The Labute approximate surface area is 115 Å². The maximum absolute atomic E-state index is 11.9. The molecule has 0 aromatic carbocycles. The Balaban J connectivity index is 2.18. The van der Waals surface area contributed by atoms with Gasteiger partial charge in [0, 0.05) is 20.1 Å². The summed E-state index contributed by atoms with van der Waals surface area (Å²) in [6.07, 6.45) is 4.01. The Morgan fingerprint density at radius 2 is 2.11 bits per heavy atom. The lowest BCUT2D eigenvalue weighted by atomic mass is 10.2. The Morgan fingerprint density at radius 1 is 1.37 bits per heavy atom. The summed E-state index contributed by atoms with van der Waals surface area (Å²) in [6.45, 7) is 4.06. The van der Waals surface area contributed by atoms with Gasteiger partial charge in [0.15, 0.2) is 0 Å². The van der Waals surface area contributed by atoms with Crippen molar-refractivity contribution in [2.75, 3.05) is 25.0 Å². The Kier molecular flexibility index (Phi) is 3.10. The van der Waals surface area contributed by atoms with Crippen molar-refractivity contribution in [1.29, 1.82) is 0 Å². The molecule has 1 saturated heterocycles. The van der Waals surface area contributed by atoms with Crippen LogP contribution >= 0.6 is 11.3 Å². The summed E-state index contributed by atoms with van der Waals surface area (Å²) in [5.74, 6) is 0.930. The predicted octanol–water partition coefficient (Wildman–Crippen LogP) is 1.96. The predicted molar refractivity (Wildman–Crippen MR) is 77.0 cm³/mol. The second kappa shape index (κ2) is 4.77. The van der Waals surface area contributed by atoms with Crippen LogP contribution in [-0.4, -0.2) is 36.0 Å². The number of amides is 1. The number of rotatable bonds is 2. The van der Waals surface area contributed by atoms with E-state index in [0.717, 1.165) is 39.6 Å². The zero-order valence-corrected chi connectivity index (χ0v) is 11.9. The molecule has 1 aliphatic rings. The van der Waals surface area contributed by atoms with Crippen LogP contribution < -0.4 is 10.2 Å². The molecule has 0 unspecified atom stereocenters. The zero-order valence-electron chi connectivity index (χ0n) is 11.1. The van der Waals surface area contributed by atoms with Crippen LogP contribution in [0.5, 0.6) is 0 Å². The third-order valence-corrected chi connectivity index (χ3v) is 4.74. The van der Waals surface area contributed by atoms with Crippen LogP contribution in [0.25, 0.3) is 10.2 Å². The van der Waals surface area contributed by atoms with E-state index in [4.69, 9.17) is 0 Å². The monoisotopic (exact) mass is 276 g/mol. The van der Waals surface area contributed by atoms with Crippen LogP contribution in [0.1, 0.15) is 28.1 Å². The summed E-state index contributed by atoms with van der Waals surface area (Å²) in [6, 6.07) is 0. The number of anilines is 1. The molecule has 1 fully saturated rings. The van der Waals surface area contributed by atoms with Crippen LogP contribution in [0.2, 0.25) is 0 Å². The number of hydrogen-bond donors (Lipinski definition) is 1. The van der Waals surface area contributed by atoms with Crippen molar-refractivity contribution in [3.05, 3.63) is 16.8 Å². The minimum Gasteiger partial charge on any atom is -0.356 e. The van der Waals surface area contributed by atoms with E-state index in [0.29, 0.717) is 0 Å². The topological polar surface area (TPSA) is 58.1 Å². The first kappa shape index (κ1) is 12.3. The highest BCUT2D eigenvalue weighted by Gasteiger charge is 2.22. The van der Waals surface area contributed by atoms with Gasteiger partial charge in [-0.2, -0.15) is 0 Å². The first-order valence-corrected chi connectivity index (χ1v) is 7.25. The van der Waals surface area contributed by atoms with E-state index in [1.807, 2.05) is 6.92 Å². The fourth-order valence-corrected chi connectivity index (χ4v) is 3.64. The van der Waals surface area contributed by atoms with E-state index in [1.165, 1.54) is 24.2 Å².